The standard InChI is InChI=1S/C18H17FN4O2S2/c1-10-3-8-14(25-10)17-21-11(2)15(27-17)16(24)22-23-18(26)20-9-12-4-6-13(19)7-5-12/h3-8H,9H2,1-2H3,(H,22,24)(H2,20,23,26). The fraction of sp³-hybridized carbons (Fsp3) is 0.167. The summed E-state index contributed by atoms with van der Waals surface area (Å²) in [5.74, 6) is 0.772. The lowest BCUT2D eigenvalue weighted by atomic mass is 10.2. The van der Waals surface area contributed by atoms with Crippen molar-refractivity contribution in [2.24, 2.45) is 0 Å². The van der Waals surface area contributed by atoms with Crippen LogP contribution in [0.2, 0.25) is 0 Å². The van der Waals surface area contributed by atoms with Gasteiger partial charge in [-0.15, -0.1) is 11.3 Å². The van der Waals surface area contributed by atoms with Gasteiger partial charge >= 0.3 is 0 Å². The van der Waals surface area contributed by atoms with E-state index in [9.17, 15) is 9.18 Å². The van der Waals surface area contributed by atoms with E-state index in [2.05, 4.69) is 21.2 Å². The smallest absolute Gasteiger partial charge is 0.281 e. The van der Waals surface area contributed by atoms with E-state index in [-0.39, 0.29) is 16.8 Å². The van der Waals surface area contributed by atoms with E-state index in [1.165, 1.54) is 23.5 Å². The number of halogens is 1. The van der Waals surface area contributed by atoms with Crippen molar-refractivity contribution in [1.82, 2.24) is 21.2 Å². The van der Waals surface area contributed by atoms with Gasteiger partial charge in [-0.05, 0) is 55.9 Å². The second kappa shape index (κ2) is 8.28. The van der Waals surface area contributed by atoms with Gasteiger partial charge in [-0.3, -0.25) is 15.6 Å². The highest BCUT2D eigenvalue weighted by atomic mass is 32.1. The monoisotopic (exact) mass is 404 g/mol. The fourth-order valence-electron chi connectivity index (χ4n) is 2.26. The molecule has 140 valence electrons. The normalized spacial score (nSPS) is 10.5. The molecule has 0 atom stereocenters. The largest absolute Gasteiger partial charge is 0.459 e. The molecule has 0 radical (unpaired) electrons. The first kappa shape index (κ1) is 19.0. The molecule has 1 amide bonds. The molecule has 0 aliphatic carbocycles. The maximum atomic E-state index is 12.9. The second-order valence-corrected chi connectivity index (χ2v) is 7.14. The summed E-state index contributed by atoms with van der Waals surface area (Å²) in [4.78, 5) is 17.2. The van der Waals surface area contributed by atoms with Gasteiger partial charge in [-0.25, -0.2) is 9.37 Å². The molecule has 9 heteroatoms. The van der Waals surface area contributed by atoms with Crippen LogP contribution in [0, 0.1) is 19.7 Å². The molecule has 1 aromatic carbocycles. The Hall–Kier alpha value is -2.78. The van der Waals surface area contributed by atoms with Crippen molar-refractivity contribution in [1.29, 1.82) is 0 Å². The Bertz CT molecular complexity index is 966. The minimum atomic E-state index is -0.342. The number of nitrogens with one attached hydrogen (secondary N) is 3. The third-order valence-electron chi connectivity index (χ3n) is 3.61. The van der Waals surface area contributed by atoms with Crippen LogP contribution < -0.4 is 16.2 Å². The molecule has 0 fully saturated rings. The number of rotatable bonds is 4. The first-order valence-corrected chi connectivity index (χ1v) is 9.27. The molecular formula is C18H17FN4O2S2. The lowest BCUT2D eigenvalue weighted by Gasteiger charge is -2.11. The number of thiocarbonyl (C=S) groups is 1. The lowest BCUT2D eigenvalue weighted by molar-refractivity contribution is 0.0947. The van der Waals surface area contributed by atoms with E-state index in [1.807, 2.05) is 19.1 Å². The minimum Gasteiger partial charge on any atom is -0.459 e. The number of nitrogens with zero attached hydrogens (tertiary/aromatic N) is 1. The molecule has 0 spiro atoms. The van der Waals surface area contributed by atoms with Crippen molar-refractivity contribution >= 4 is 34.6 Å². The van der Waals surface area contributed by atoms with Crippen LogP contribution >= 0.6 is 23.6 Å². The van der Waals surface area contributed by atoms with Crippen molar-refractivity contribution in [2.45, 2.75) is 20.4 Å². The molecule has 6 nitrogen and oxygen atoms in total. The summed E-state index contributed by atoms with van der Waals surface area (Å²) in [6, 6.07) is 9.73. The van der Waals surface area contributed by atoms with Crippen molar-refractivity contribution in [2.75, 3.05) is 0 Å². The van der Waals surface area contributed by atoms with E-state index < -0.39 is 0 Å². The number of carbonyl (C=O) groups excluding carboxylic acids is 1. The van der Waals surface area contributed by atoms with Crippen LogP contribution in [-0.2, 0) is 6.54 Å². The Kier molecular flexibility index (Phi) is 5.82. The van der Waals surface area contributed by atoms with Crippen LogP contribution in [0.4, 0.5) is 4.39 Å². The van der Waals surface area contributed by atoms with Crippen LogP contribution in [0.15, 0.2) is 40.8 Å². The van der Waals surface area contributed by atoms with Crippen LogP contribution in [0.3, 0.4) is 0 Å². The van der Waals surface area contributed by atoms with E-state index in [0.717, 1.165) is 11.3 Å². The van der Waals surface area contributed by atoms with Gasteiger partial charge in [0.05, 0.1) is 5.69 Å². The average molecular weight is 404 g/mol. The van der Waals surface area contributed by atoms with E-state index in [1.54, 1.807) is 19.1 Å². The zero-order chi connectivity index (χ0) is 19.4. The van der Waals surface area contributed by atoms with Crippen molar-refractivity contribution in [3.05, 3.63) is 64.1 Å². The number of thiazole rings is 1. The molecule has 0 saturated carbocycles. The summed E-state index contributed by atoms with van der Waals surface area (Å²) >= 11 is 6.37. The lowest BCUT2D eigenvalue weighted by Crippen LogP contribution is -2.46. The minimum absolute atomic E-state index is 0.247. The zero-order valence-electron chi connectivity index (χ0n) is 14.6. The van der Waals surface area contributed by atoms with Gasteiger partial charge in [-0.1, -0.05) is 12.1 Å². The van der Waals surface area contributed by atoms with Gasteiger partial charge in [-0.2, -0.15) is 0 Å². The fourth-order valence-corrected chi connectivity index (χ4v) is 3.31. The molecule has 2 heterocycles. The van der Waals surface area contributed by atoms with Crippen molar-refractivity contribution in [3.8, 4) is 10.8 Å². The number of hydrogen-bond donors (Lipinski definition) is 3. The number of aromatic nitrogens is 1. The van der Waals surface area contributed by atoms with Crippen molar-refractivity contribution < 1.29 is 13.6 Å². The molecule has 27 heavy (non-hydrogen) atoms. The van der Waals surface area contributed by atoms with E-state index in [4.69, 9.17) is 16.6 Å². The van der Waals surface area contributed by atoms with Crippen LogP contribution in [0.5, 0.6) is 0 Å². The predicted molar refractivity (Wildman–Crippen MR) is 106 cm³/mol. The molecule has 3 rings (SSSR count). The number of hydrogen-bond acceptors (Lipinski definition) is 5. The van der Waals surface area contributed by atoms with Gasteiger partial charge < -0.3 is 9.73 Å². The quantitative estimate of drug-likeness (QED) is 0.457. The molecule has 0 aliphatic rings. The molecule has 0 bridgehead atoms. The Morgan fingerprint density at radius 3 is 2.59 bits per heavy atom. The number of hydrazine groups is 1. The maximum absolute atomic E-state index is 12.9. The molecule has 3 aromatic rings. The summed E-state index contributed by atoms with van der Waals surface area (Å²) < 4.78 is 18.4. The summed E-state index contributed by atoms with van der Waals surface area (Å²) in [6.45, 7) is 4.01. The van der Waals surface area contributed by atoms with Crippen LogP contribution in [0.25, 0.3) is 10.8 Å². The number of furan rings is 1. The van der Waals surface area contributed by atoms with Gasteiger partial charge in [0.2, 0.25) is 0 Å². The van der Waals surface area contributed by atoms with Gasteiger partial charge in [0, 0.05) is 6.54 Å². The molecule has 0 aliphatic heterocycles. The molecule has 3 N–H and O–H groups in total. The Morgan fingerprint density at radius 2 is 1.93 bits per heavy atom. The Labute approximate surface area is 164 Å². The zero-order valence-corrected chi connectivity index (χ0v) is 16.3. The average Bonchev–Trinajstić information content (AvgIpc) is 3.25. The third-order valence-corrected chi connectivity index (χ3v) is 5.03. The summed E-state index contributed by atoms with van der Waals surface area (Å²) in [5.41, 5.74) is 6.66. The SMILES string of the molecule is Cc1ccc(-c2nc(C)c(C(=O)NNC(=S)NCc3ccc(F)cc3)s2)o1. The Morgan fingerprint density at radius 1 is 1.19 bits per heavy atom. The summed E-state index contributed by atoms with van der Waals surface area (Å²) in [6.07, 6.45) is 0. The highest BCUT2D eigenvalue weighted by molar-refractivity contribution is 7.80. The predicted octanol–water partition coefficient (Wildman–Crippen LogP) is 3.47. The molecule has 2 aromatic heterocycles. The second-order valence-electron chi connectivity index (χ2n) is 5.73. The molecular weight excluding hydrogens is 387 g/mol. The number of carbonyl (C=O) groups is 1. The highest BCUT2D eigenvalue weighted by Gasteiger charge is 2.18. The van der Waals surface area contributed by atoms with Gasteiger partial charge in [0.15, 0.2) is 15.9 Å². The summed E-state index contributed by atoms with van der Waals surface area (Å²) in [7, 11) is 0. The first-order valence-electron chi connectivity index (χ1n) is 8.05. The molecule has 0 saturated heterocycles. The first-order chi connectivity index (χ1) is 12.9. The number of amides is 1. The number of aryl methyl sites for hydroxylation is 2. The topological polar surface area (TPSA) is 79.2 Å². The van der Waals surface area contributed by atoms with E-state index in [0.29, 0.717) is 27.9 Å². The van der Waals surface area contributed by atoms with Gasteiger partial charge in [0.1, 0.15) is 16.5 Å². The number of benzene rings is 1. The maximum Gasteiger partial charge on any atom is 0.281 e. The Balaban J connectivity index is 1.53. The van der Waals surface area contributed by atoms with Crippen LogP contribution in [-0.4, -0.2) is 16.0 Å². The third kappa shape index (κ3) is 4.89. The van der Waals surface area contributed by atoms with E-state index >= 15 is 0 Å². The molecule has 0 unspecified atom stereocenters. The van der Waals surface area contributed by atoms with Crippen LogP contribution in [0.1, 0.15) is 26.7 Å². The summed E-state index contributed by atoms with van der Waals surface area (Å²) in [5, 5.41) is 3.82. The van der Waals surface area contributed by atoms with Crippen molar-refractivity contribution in [3.63, 3.8) is 0 Å². The highest BCUT2D eigenvalue weighted by Crippen LogP contribution is 2.29. The van der Waals surface area contributed by atoms with Gasteiger partial charge in [0.25, 0.3) is 5.91 Å².